The Morgan fingerprint density at radius 2 is 1.71 bits per heavy atom. The van der Waals surface area contributed by atoms with Crippen LogP contribution in [0.1, 0.15) is 36.8 Å². The van der Waals surface area contributed by atoms with Crippen molar-refractivity contribution in [1.82, 2.24) is 19.4 Å². The predicted octanol–water partition coefficient (Wildman–Crippen LogP) is 2.04. The zero-order chi connectivity index (χ0) is 19.8. The summed E-state index contributed by atoms with van der Waals surface area (Å²) < 4.78 is 2.21. The molecule has 3 amide bonds. The van der Waals surface area contributed by atoms with Crippen LogP contribution in [0.2, 0.25) is 0 Å². The fourth-order valence-corrected chi connectivity index (χ4v) is 4.14. The van der Waals surface area contributed by atoms with Gasteiger partial charge in [0, 0.05) is 32.5 Å². The minimum absolute atomic E-state index is 0.104. The Morgan fingerprint density at radius 3 is 2.39 bits per heavy atom. The lowest BCUT2D eigenvalue weighted by molar-refractivity contribution is -0.146. The molecule has 3 heterocycles. The zero-order valence-electron chi connectivity index (χ0n) is 16.5. The van der Waals surface area contributed by atoms with E-state index in [1.807, 2.05) is 6.33 Å². The molecule has 7 nitrogen and oxygen atoms in total. The van der Waals surface area contributed by atoms with Crippen molar-refractivity contribution in [2.24, 2.45) is 5.92 Å². The lowest BCUT2D eigenvalue weighted by Gasteiger charge is -2.33. The number of rotatable bonds is 4. The SMILES string of the molecule is Cc1cc2ncn(CC3CCN(C(=O)CN4C(=O)CCC4=O)CC3)c2cc1C. The van der Waals surface area contributed by atoms with E-state index >= 15 is 0 Å². The molecular weight excluding hydrogens is 356 g/mol. The van der Waals surface area contributed by atoms with Gasteiger partial charge in [-0.15, -0.1) is 0 Å². The van der Waals surface area contributed by atoms with E-state index in [0.29, 0.717) is 19.0 Å². The van der Waals surface area contributed by atoms with Crippen LogP contribution in [-0.4, -0.2) is 56.7 Å². The van der Waals surface area contributed by atoms with Crippen LogP contribution < -0.4 is 0 Å². The Kier molecular flexibility index (Phi) is 4.91. The Bertz CT molecular complexity index is 925. The molecule has 1 aromatic carbocycles. The van der Waals surface area contributed by atoms with E-state index in [1.54, 1.807) is 4.90 Å². The monoisotopic (exact) mass is 382 g/mol. The number of fused-ring (bicyclic) bond motifs is 1. The molecule has 2 aliphatic rings. The van der Waals surface area contributed by atoms with Crippen LogP contribution in [0.15, 0.2) is 18.5 Å². The third-order valence-corrected chi connectivity index (χ3v) is 6.11. The number of aryl methyl sites for hydroxylation is 2. The number of carbonyl (C=O) groups is 3. The first-order chi connectivity index (χ1) is 13.4. The minimum Gasteiger partial charge on any atom is -0.341 e. The Labute approximate surface area is 164 Å². The van der Waals surface area contributed by atoms with Crippen LogP contribution in [-0.2, 0) is 20.9 Å². The summed E-state index contributed by atoms with van der Waals surface area (Å²) in [7, 11) is 0. The maximum Gasteiger partial charge on any atom is 0.242 e. The molecule has 148 valence electrons. The molecule has 0 N–H and O–H groups in total. The Hall–Kier alpha value is -2.70. The smallest absolute Gasteiger partial charge is 0.242 e. The second kappa shape index (κ2) is 7.37. The molecule has 4 rings (SSSR count). The number of hydrogen-bond acceptors (Lipinski definition) is 4. The van der Waals surface area contributed by atoms with Crippen LogP contribution >= 0.6 is 0 Å². The number of imide groups is 1. The number of imidazole rings is 1. The molecule has 0 bridgehead atoms. The molecule has 0 radical (unpaired) electrons. The summed E-state index contributed by atoms with van der Waals surface area (Å²) in [5.74, 6) is -0.101. The fourth-order valence-electron chi connectivity index (χ4n) is 4.14. The van der Waals surface area contributed by atoms with Gasteiger partial charge >= 0.3 is 0 Å². The van der Waals surface area contributed by atoms with Crippen molar-refractivity contribution >= 4 is 28.8 Å². The summed E-state index contributed by atoms with van der Waals surface area (Å²) in [5.41, 5.74) is 4.70. The van der Waals surface area contributed by atoms with Crippen LogP contribution in [0.5, 0.6) is 0 Å². The first kappa shape index (κ1) is 18.7. The maximum atomic E-state index is 12.5. The topological polar surface area (TPSA) is 75.5 Å². The van der Waals surface area contributed by atoms with Gasteiger partial charge in [-0.1, -0.05) is 0 Å². The quantitative estimate of drug-likeness (QED) is 0.759. The molecule has 0 unspecified atom stereocenters. The molecule has 2 saturated heterocycles. The Balaban J connectivity index is 1.34. The minimum atomic E-state index is -0.231. The van der Waals surface area contributed by atoms with E-state index in [0.717, 1.165) is 35.3 Å². The number of benzene rings is 1. The number of nitrogens with zero attached hydrogens (tertiary/aromatic N) is 4. The molecule has 7 heteroatoms. The third-order valence-electron chi connectivity index (χ3n) is 6.11. The number of aromatic nitrogens is 2. The van der Waals surface area contributed by atoms with Crippen molar-refractivity contribution in [3.63, 3.8) is 0 Å². The van der Waals surface area contributed by atoms with Crippen molar-refractivity contribution in [2.75, 3.05) is 19.6 Å². The van der Waals surface area contributed by atoms with Gasteiger partial charge in [-0.2, -0.15) is 0 Å². The predicted molar refractivity (Wildman–Crippen MR) is 104 cm³/mol. The van der Waals surface area contributed by atoms with Gasteiger partial charge in [0.15, 0.2) is 0 Å². The van der Waals surface area contributed by atoms with E-state index in [-0.39, 0.29) is 37.1 Å². The van der Waals surface area contributed by atoms with E-state index in [9.17, 15) is 14.4 Å². The van der Waals surface area contributed by atoms with Crippen molar-refractivity contribution in [3.05, 3.63) is 29.6 Å². The first-order valence-electron chi connectivity index (χ1n) is 9.95. The van der Waals surface area contributed by atoms with Gasteiger partial charge in [0.25, 0.3) is 0 Å². The molecule has 1 aromatic heterocycles. The highest BCUT2D eigenvalue weighted by Gasteiger charge is 2.32. The van der Waals surface area contributed by atoms with E-state index < -0.39 is 0 Å². The summed E-state index contributed by atoms with van der Waals surface area (Å²) in [4.78, 5) is 43.3. The number of likely N-dealkylation sites (tertiary alicyclic amines) is 2. The molecule has 0 saturated carbocycles. The molecule has 2 aliphatic heterocycles. The van der Waals surface area contributed by atoms with Gasteiger partial charge in [-0.3, -0.25) is 19.3 Å². The first-order valence-corrected chi connectivity index (χ1v) is 9.95. The summed E-state index contributed by atoms with van der Waals surface area (Å²) in [6, 6.07) is 4.32. The maximum absolute atomic E-state index is 12.5. The number of hydrogen-bond donors (Lipinski definition) is 0. The van der Waals surface area contributed by atoms with Crippen molar-refractivity contribution < 1.29 is 14.4 Å². The molecule has 2 fully saturated rings. The van der Waals surface area contributed by atoms with Crippen LogP contribution in [0.3, 0.4) is 0 Å². The average molecular weight is 382 g/mol. The van der Waals surface area contributed by atoms with Crippen molar-refractivity contribution in [3.8, 4) is 0 Å². The summed E-state index contributed by atoms with van der Waals surface area (Å²) in [6.45, 7) is 6.35. The molecule has 0 atom stereocenters. The second-order valence-electron chi connectivity index (χ2n) is 8.02. The highest BCUT2D eigenvalue weighted by molar-refractivity contribution is 6.04. The van der Waals surface area contributed by atoms with Gasteiger partial charge in [0.05, 0.1) is 17.4 Å². The molecule has 2 aromatic rings. The van der Waals surface area contributed by atoms with Gasteiger partial charge in [-0.05, 0) is 55.9 Å². The second-order valence-corrected chi connectivity index (χ2v) is 8.02. The number of amides is 3. The standard InChI is InChI=1S/C21H26N4O3/c1-14-9-17-18(10-15(14)2)24(13-22-17)11-16-5-7-23(8-6-16)21(28)12-25-19(26)3-4-20(25)27/h9-10,13,16H,3-8,11-12H2,1-2H3. The fraction of sp³-hybridized carbons (Fsp3) is 0.524. The van der Waals surface area contributed by atoms with Gasteiger partial charge < -0.3 is 9.47 Å². The summed E-state index contributed by atoms with van der Waals surface area (Å²) in [5, 5.41) is 0. The molecule has 28 heavy (non-hydrogen) atoms. The number of piperidine rings is 1. The molecule has 0 spiro atoms. The summed E-state index contributed by atoms with van der Waals surface area (Å²) in [6.07, 6.45) is 4.19. The van der Waals surface area contributed by atoms with Crippen molar-refractivity contribution in [2.45, 2.75) is 46.1 Å². The largest absolute Gasteiger partial charge is 0.341 e. The number of carbonyl (C=O) groups excluding carboxylic acids is 3. The lowest BCUT2D eigenvalue weighted by Crippen LogP contribution is -2.45. The van der Waals surface area contributed by atoms with Gasteiger partial charge in [0.1, 0.15) is 6.54 Å². The Morgan fingerprint density at radius 1 is 1.07 bits per heavy atom. The van der Waals surface area contributed by atoms with E-state index in [4.69, 9.17) is 0 Å². The van der Waals surface area contributed by atoms with Crippen LogP contribution in [0.4, 0.5) is 0 Å². The highest BCUT2D eigenvalue weighted by Crippen LogP contribution is 2.24. The van der Waals surface area contributed by atoms with Crippen LogP contribution in [0.25, 0.3) is 11.0 Å². The van der Waals surface area contributed by atoms with Gasteiger partial charge in [-0.25, -0.2) is 4.98 Å². The van der Waals surface area contributed by atoms with Crippen molar-refractivity contribution in [1.29, 1.82) is 0 Å². The lowest BCUT2D eigenvalue weighted by atomic mass is 9.96. The highest BCUT2D eigenvalue weighted by atomic mass is 16.2. The van der Waals surface area contributed by atoms with Gasteiger partial charge in [0.2, 0.25) is 17.7 Å². The third kappa shape index (κ3) is 3.53. The average Bonchev–Trinajstić information content (AvgIpc) is 3.20. The van der Waals surface area contributed by atoms with E-state index in [1.165, 1.54) is 11.1 Å². The van der Waals surface area contributed by atoms with Crippen LogP contribution in [0, 0.1) is 19.8 Å². The van der Waals surface area contributed by atoms with E-state index in [2.05, 4.69) is 35.5 Å². The summed E-state index contributed by atoms with van der Waals surface area (Å²) >= 11 is 0. The zero-order valence-corrected chi connectivity index (χ0v) is 16.5. The normalized spacial score (nSPS) is 18.5. The molecular formula is C21H26N4O3. The molecule has 0 aliphatic carbocycles.